The molecule has 37 heavy (non-hydrogen) atoms. The summed E-state index contributed by atoms with van der Waals surface area (Å²) in [7, 11) is 0. The van der Waals surface area contributed by atoms with Crippen LogP contribution in [0.1, 0.15) is 36.8 Å². The Bertz CT molecular complexity index is 966. The van der Waals surface area contributed by atoms with Crippen LogP contribution in [0.15, 0.2) is 68.5 Å². The molecule has 0 radical (unpaired) electrons. The molecule has 0 fully saturated rings. The van der Waals surface area contributed by atoms with E-state index in [1.807, 2.05) is 24.3 Å². The molecule has 0 amide bonds. The maximum Gasteiger partial charge on any atom is 0.195 e. The Kier molecular flexibility index (Phi) is 15.6. The van der Waals surface area contributed by atoms with E-state index in [4.69, 9.17) is 46.1 Å². The van der Waals surface area contributed by atoms with Gasteiger partial charge in [0.25, 0.3) is 0 Å². The number of halogens is 3. The van der Waals surface area contributed by atoms with Crippen LogP contribution in [0, 0.1) is 0 Å². The Balaban J connectivity index is 0.00000684. The average Bonchev–Trinajstić information content (AvgIpc) is 2.85. The molecule has 0 bridgehead atoms. The van der Waals surface area contributed by atoms with E-state index < -0.39 is 0 Å². The van der Waals surface area contributed by atoms with Crippen molar-refractivity contribution >= 4 is 59.4 Å². The van der Waals surface area contributed by atoms with Gasteiger partial charge in [0.15, 0.2) is 23.8 Å². The van der Waals surface area contributed by atoms with Gasteiger partial charge >= 0.3 is 0 Å². The Morgan fingerprint density at radius 2 is 0.865 bits per heavy atom. The number of unbranched alkanes of at least 4 members (excludes halogenated alkanes) is 3. The quantitative estimate of drug-likeness (QED) is 0.137. The highest BCUT2D eigenvalue weighted by Crippen LogP contribution is 2.11. The first-order valence-corrected chi connectivity index (χ1v) is 12.3. The fourth-order valence-electron chi connectivity index (χ4n) is 2.93. The van der Waals surface area contributed by atoms with Crippen molar-refractivity contribution in [2.75, 3.05) is 13.1 Å². The van der Waals surface area contributed by atoms with Gasteiger partial charge in [-0.2, -0.15) is 0 Å². The lowest BCUT2D eigenvalue weighted by atomic mass is 10.2. The summed E-state index contributed by atoms with van der Waals surface area (Å²) in [6, 6.07) is 14.8. The van der Waals surface area contributed by atoms with E-state index >= 15 is 0 Å². The van der Waals surface area contributed by atoms with Crippen LogP contribution >= 0.6 is 35.6 Å². The van der Waals surface area contributed by atoms with Gasteiger partial charge in [-0.3, -0.25) is 20.6 Å². The summed E-state index contributed by atoms with van der Waals surface area (Å²) in [5.74, 6) is 0.911. The molecule has 0 heterocycles. The third-order valence-electron chi connectivity index (χ3n) is 4.83. The number of hydrogen-bond acceptors (Lipinski definition) is 4. The van der Waals surface area contributed by atoms with Gasteiger partial charge in [-0.15, -0.1) is 12.4 Å². The summed E-state index contributed by atoms with van der Waals surface area (Å²) in [6.07, 6.45) is 3.77. The Morgan fingerprint density at radius 3 is 1.22 bits per heavy atom. The van der Waals surface area contributed by atoms with Crippen molar-refractivity contribution in [1.29, 1.82) is 0 Å². The minimum atomic E-state index is 0. The number of hydrogen-bond donors (Lipinski definition) is 6. The highest BCUT2D eigenvalue weighted by atomic mass is 35.5. The first-order valence-electron chi connectivity index (χ1n) is 11.5. The molecule has 2 aromatic carbocycles. The number of guanidine groups is 4. The fraction of sp³-hybridized carbons (Fsp3) is 0.333. The minimum Gasteiger partial charge on any atom is -0.370 e. The van der Waals surface area contributed by atoms with Crippen LogP contribution in [-0.2, 0) is 13.1 Å². The minimum absolute atomic E-state index is 0. The zero-order valence-electron chi connectivity index (χ0n) is 20.5. The molecule has 10 N–H and O–H groups in total. The molecule has 0 saturated heterocycles. The number of aliphatic imine (C=N–C) groups is 4. The van der Waals surface area contributed by atoms with Gasteiger partial charge in [0, 0.05) is 23.1 Å². The normalized spacial score (nSPS) is 12.7. The van der Waals surface area contributed by atoms with E-state index in [0.29, 0.717) is 36.2 Å². The predicted octanol–water partition coefficient (Wildman–Crippen LogP) is 3.11. The van der Waals surface area contributed by atoms with E-state index in [1.54, 1.807) is 24.3 Å². The summed E-state index contributed by atoms with van der Waals surface area (Å²) >= 11 is 11.7. The second kappa shape index (κ2) is 18.1. The van der Waals surface area contributed by atoms with E-state index in [-0.39, 0.29) is 36.2 Å². The topological polar surface area (TPSA) is 178 Å². The number of benzene rings is 2. The highest BCUT2D eigenvalue weighted by Gasteiger charge is 1.99. The Morgan fingerprint density at radius 1 is 0.541 bits per heavy atom. The molecule has 10 nitrogen and oxygen atoms in total. The van der Waals surface area contributed by atoms with Crippen molar-refractivity contribution in [2.24, 2.45) is 42.9 Å². The molecule has 0 aliphatic heterocycles. The van der Waals surface area contributed by atoms with Crippen LogP contribution in [0.3, 0.4) is 0 Å². The molecule has 0 unspecified atom stereocenters. The fourth-order valence-corrected chi connectivity index (χ4v) is 3.18. The first-order chi connectivity index (χ1) is 17.3. The molecule has 0 saturated carbocycles. The van der Waals surface area contributed by atoms with Crippen molar-refractivity contribution in [1.82, 2.24) is 10.6 Å². The largest absolute Gasteiger partial charge is 0.370 e. The molecule has 0 aliphatic carbocycles. The molecule has 13 heteroatoms. The maximum atomic E-state index is 5.87. The zero-order chi connectivity index (χ0) is 26.2. The van der Waals surface area contributed by atoms with E-state index in [9.17, 15) is 0 Å². The highest BCUT2D eigenvalue weighted by molar-refractivity contribution is 6.30. The SMILES string of the molecule is Cl.NC(=NCCCCCCN=C(N)NC(N)=NCc1ccc(Cl)cc1)NC(N)=NCc1ccc(Cl)cc1. The molecule has 2 aromatic rings. The summed E-state index contributed by atoms with van der Waals surface area (Å²) in [5.41, 5.74) is 25.4. The van der Waals surface area contributed by atoms with Gasteiger partial charge in [-0.1, -0.05) is 60.3 Å². The molecule has 2 rings (SSSR count). The molecule has 0 atom stereocenters. The first kappa shape index (κ1) is 31.8. The smallest absolute Gasteiger partial charge is 0.195 e. The Hall–Kier alpha value is -3.21. The van der Waals surface area contributed by atoms with Crippen LogP contribution in [0.25, 0.3) is 0 Å². The van der Waals surface area contributed by atoms with Gasteiger partial charge in [-0.05, 0) is 48.2 Å². The van der Waals surface area contributed by atoms with Crippen LogP contribution in [0.4, 0.5) is 0 Å². The lowest BCUT2D eigenvalue weighted by Crippen LogP contribution is -2.41. The van der Waals surface area contributed by atoms with Crippen molar-refractivity contribution in [3.63, 3.8) is 0 Å². The van der Waals surface area contributed by atoms with E-state index in [1.165, 1.54) is 0 Å². The Labute approximate surface area is 234 Å². The number of nitrogens with one attached hydrogen (secondary N) is 2. The van der Waals surface area contributed by atoms with Crippen LogP contribution in [0.2, 0.25) is 10.0 Å². The molecular weight excluding hydrogens is 535 g/mol. The average molecular weight is 570 g/mol. The number of rotatable bonds is 11. The molecule has 0 aliphatic rings. The summed E-state index contributed by atoms with van der Waals surface area (Å²) < 4.78 is 0. The maximum absolute atomic E-state index is 5.87. The van der Waals surface area contributed by atoms with Crippen molar-refractivity contribution in [3.8, 4) is 0 Å². The van der Waals surface area contributed by atoms with Crippen molar-refractivity contribution in [3.05, 3.63) is 69.7 Å². The van der Waals surface area contributed by atoms with E-state index in [2.05, 4.69) is 30.6 Å². The third-order valence-corrected chi connectivity index (χ3v) is 5.34. The van der Waals surface area contributed by atoms with Gasteiger partial charge in [0.1, 0.15) is 0 Å². The molecule has 0 aromatic heterocycles. The van der Waals surface area contributed by atoms with Crippen molar-refractivity contribution < 1.29 is 0 Å². The monoisotopic (exact) mass is 568 g/mol. The predicted molar refractivity (Wildman–Crippen MR) is 159 cm³/mol. The molecule has 202 valence electrons. The summed E-state index contributed by atoms with van der Waals surface area (Å²) in [5, 5.41) is 6.93. The molecule has 0 spiro atoms. The van der Waals surface area contributed by atoms with Gasteiger partial charge < -0.3 is 22.9 Å². The second-order valence-corrected chi connectivity index (χ2v) is 8.73. The van der Waals surface area contributed by atoms with Crippen LogP contribution in [-0.4, -0.2) is 36.9 Å². The summed E-state index contributed by atoms with van der Waals surface area (Å²) in [4.78, 5) is 17.0. The van der Waals surface area contributed by atoms with Crippen LogP contribution in [0.5, 0.6) is 0 Å². The van der Waals surface area contributed by atoms with Crippen LogP contribution < -0.4 is 33.6 Å². The lowest BCUT2D eigenvalue weighted by molar-refractivity contribution is 0.653. The standard InChI is InChI=1S/C24H34Cl2N10.ClH/c25-19-9-5-17(6-10-19)15-33-23(29)35-21(27)31-13-3-1-2-4-14-32-22(28)36-24(30)34-16-18-7-11-20(26)12-8-18;/h5-12H,1-4,13-16H2,(H5,27,29,31,33,35)(H5,28,30,32,34,36);1H. The molecular formula is C24H35Cl3N10. The van der Waals surface area contributed by atoms with Gasteiger partial charge in [0.2, 0.25) is 0 Å². The van der Waals surface area contributed by atoms with Gasteiger partial charge in [-0.25, -0.2) is 9.98 Å². The van der Waals surface area contributed by atoms with Gasteiger partial charge in [0.05, 0.1) is 13.1 Å². The lowest BCUT2D eigenvalue weighted by Gasteiger charge is -2.06. The number of nitrogens with two attached hydrogens (primary N) is 4. The second-order valence-electron chi connectivity index (χ2n) is 7.85. The van der Waals surface area contributed by atoms with E-state index in [0.717, 1.165) is 36.8 Å². The summed E-state index contributed by atoms with van der Waals surface area (Å²) in [6.45, 7) is 2.04. The third kappa shape index (κ3) is 14.8. The number of nitrogens with zero attached hydrogens (tertiary/aromatic N) is 4. The van der Waals surface area contributed by atoms with Crippen molar-refractivity contribution in [2.45, 2.75) is 38.8 Å². The zero-order valence-corrected chi connectivity index (χ0v) is 22.9.